The van der Waals surface area contributed by atoms with Gasteiger partial charge >= 0.3 is 0 Å². The molecule has 0 aliphatic carbocycles. The largest absolute Gasteiger partial charge is 0.394 e. The highest BCUT2D eigenvalue weighted by Crippen LogP contribution is 2.06. The molecule has 0 saturated carbocycles. The predicted octanol–water partition coefficient (Wildman–Crippen LogP) is -3.23. The maximum atomic E-state index is 9.19. The Hall–Kier alpha value is -0.240. The zero-order valence-electron chi connectivity index (χ0n) is 7.24. The molecule has 4 atom stereocenters. The van der Waals surface area contributed by atoms with E-state index in [0.717, 1.165) is 0 Å². The standard InChI is InChI=1S/C7H17NO5/c8-2-1-4(10)6(12)7(13)5(11)3-9/h4-7,9-13H,1-3,8H2/t4-,5+,6+,7+/m0/s1. The minimum Gasteiger partial charge on any atom is -0.394 e. The SMILES string of the molecule is NCC[C@H](O)[C@@H](O)[C@H](O)[C@H](O)CO. The van der Waals surface area contributed by atoms with Gasteiger partial charge in [-0.05, 0) is 13.0 Å². The van der Waals surface area contributed by atoms with E-state index in [0.29, 0.717) is 0 Å². The van der Waals surface area contributed by atoms with Crippen molar-refractivity contribution >= 4 is 0 Å². The number of rotatable bonds is 6. The molecule has 0 unspecified atom stereocenters. The lowest BCUT2D eigenvalue weighted by atomic mass is 10.0. The monoisotopic (exact) mass is 195 g/mol. The van der Waals surface area contributed by atoms with E-state index in [1.54, 1.807) is 0 Å². The lowest BCUT2D eigenvalue weighted by Gasteiger charge is -2.25. The molecule has 0 spiro atoms. The summed E-state index contributed by atoms with van der Waals surface area (Å²) in [6.07, 6.45) is -5.59. The third-order valence-corrected chi connectivity index (χ3v) is 1.79. The van der Waals surface area contributed by atoms with Crippen LogP contribution in [0, 0.1) is 0 Å². The Morgan fingerprint density at radius 2 is 1.38 bits per heavy atom. The van der Waals surface area contributed by atoms with Crippen LogP contribution in [0.15, 0.2) is 0 Å². The molecule has 0 aliphatic heterocycles. The van der Waals surface area contributed by atoms with Crippen LogP contribution in [0.2, 0.25) is 0 Å². The van der Waals surface area contributed by atoms with Crippen LogP contribution >= 0.6 is 0 Å². The van der Waals surface area contributed by atoms with E-state index in [2.05, 4.69) is 0 Å². The normalized spacial score (nSPS) is 20.8. The fourth-order valence-corrected chi connectivity index (χ4v) is 0.905. The van der Waals surface area contributed by atoms with Crippen molar-refractivity contribution in [3.63, 3.8) is 0 Å². The van der Waals surface area contributed by atoms with E-state index in [1.807, 2.05) is 0 Å². The van der Waals surface area contributed by atoms with Crippen LogP contribution < -0.4 is 5.73 Å². The zero-order valence-corrected chi connectivity index (χ0v) is 7.24. The molecule has 13 heavy (non-hydrogen) atoms. The molecule has 0 radical (unpaired) electrons. The van der Waals surface area contributed by atoms with Gasteiger partial charge in [-0.2, -0.15) is 0 Å². The van der Waals surface area contributed by atoms with E-state index in [9.17, 15) is 5.11 Å². The van der Waals surface area contributed by atoms with E-state index in [4.69, 9.17) is 26.2 Å². The Morgan fingerprint density at radius 1 is 0.923 bits per heavy atom. The van der Waals surface area contributed by atoms with Gasteiger partial charge < -0.3 is 31.3 Å². The first-order chi connectivity index (χ1) is 6.04. The Kier molecular flexibility index (Phi) is 6.13. The van der Waals surface area contributed by atoms with Crippen LogP contribution in [0.4, 0.5) is 0 Å². The van der Waals surface area contributed by atoms with Crippen molar-refractivity contribution in [1.82, 2.24) is 0 Å². The maximum Gasteiger partial charge on any atom is 0.110 e. The van der Waals surface area contributed by atoms with E-state index >= 15 is 0 Å². The summed E-state index contributed by atoms with van der Waals surface area (Å²) >= 11 is 0. The summed E-state index contributed by atoms with van der Waals surface area (Å²) in [5.74, 6) is 0. The summed E-state index contributed by atoms with van der Waals surface area (Å²) in [6.45, 7) is -0.506. The number of aliphatic hydroxyl groups is 5. The quantitative estimate of drug-likeness (QED) is 0.264. The van der Waals surface area contributed by atoms with Crippen LogP contribution in [0.1, 0.15) is 6.42 Å². The summed E-state index contributed by atoms with van der Waals surface area (Å²) in [6, 6.07) is 0. The van der Waals surface area contributed by atoms with Gasteiger partial charge in [0, 0.05) is 0 Å². The molecule has 0 aromatic heterocycles. The Balaban J connectivity index is 3.99. The summed E-state index contributed by atoms with van der Waals surface area (Å²) in [5, 5.41) is 44.8. The second-order valence-electron chi connectivity index (χ2n) is 2.88. The first-order valence-electron chi connectivity index (χ1n) is 4.07. The molecular formula is C7H17NO5. The average molecular weight is 195 g/mol. The molecule has 6 heteroatoms. The van der Waals surface area contributed by atoms with Gasteiger partial charge in [0.1, 0.15) is 18.3 Å². The second-order valence-corrected chi connectivity index (χ2v) is 2.88. The third kappa shape index (κ3) is 3.99. The van der Waals surface area contributed by atoms with Crippen molar-refractivity contribution in [3.8, 4) is 0 Å². The van der Waals surface area contributed by atoms with Crippen molar-refractivity contribution in [3.05, 3.63) is 0 Å². The molecule has 0 amide bonds. The van der Waals surface area contributed by atoms with Gasteiger partial charge in [0.05, 0.1) is 12.7 Å². The first kappa shape index (κ1) is 12.8. The van der Waals surface area contributed by atoms with Crippen LogP contribution in [0.5, 0.6) is 0 Å². The molecule has 0 aromatic carbocycles. The summed E-state index contributed by atoms with van der Waals surface area (Å²) in [7, 11) is 0. The summed E-state index contributed by atoms with van der Waals surface area (Å²) < 4.78 is 0. The Morgan fingerprint density at radius 3 is 1.77 bits per heavy atom. The highest BCUT2D eigenvalue weighted by Gasteiger charge is 2.29. The third-order valence-electron chi connectivity index (χ3n) is 1.79. The highest BCUT2D eigenvalue weighted by molar-refractivity contribution is 4.80. The highest BCUT2D eigenvalue weighted by atomic mass is 16.4. The van der Waals surface area contributed by atoms with Crippen LogP contribution in [-0.2, 0) is 0 Å². The average Bonchev–Trinajstić information content (AvgIpc) is 2.14. The summed E-state index contributed by atoms with van der Waals surface area (Å²) in [5.41, 5.74) is 5.11. The van der Waals surface area contributed by atoms with Gasteiger partial charge in [0.15, 0.2) is 0 Å². The van der Waals surface area contributed by atoms with Gasteiger partial charge in [-0.25, -0.2) is 0 Å². The van der Waals surface area contributed by atoms with Gasteiger partial charge in [0.25, 0.3) is 0 Å². The fraction of sp³-hybridized carbons (Fsp3) is 1.00. The minimum atomic E-state index is -1.56. The lowest BCUT2D eigenvalue weighted by Crippen LogP contribution is -2.46. The topological polar surface area (TPSA) is 127 Å². The van der Waals surface area contributed by atoms with E-state index in [-0.39, 0.29) is 13.0 Å². The molecule has 0 aromatic rings. The van der Waals surface area contributed by atoms with Crippen molar-refractivity contribution < 1.29 is 25.5 Å². The minimum absolute atomic E-state index is 0.121. The molecule has 6 nitrogen and oxygen atoms in total. The smallest absolute Gasteiger partial charge is 0.110 e. The number of hydrogen-bond acceptors (Lipinski definition) is 6. The first-order valence-corrected chi connectivity index (χ1v) is 4.07. The van der Waals surface area contributed by atoms with Gasteiger partial charge in [0.2, 0.25) is 0 Å². The van der Waals surface area contributed by atoms with E-state index in [1.165, 1.54) is 0 Å². The van der Waals surface area contributed by atoms with Gasteiger partial charge in [-0.15, -0.1) is 0 Å². The molecule has 0 fully saturated rings. The molecule has 0 saturated heterocycles. The molecule has 0 heterocycles. The van der Waals surface area contributed by atoms with Crippen molar-refractivity contribution in [1.29, 1.82) is 0 Å². The Labute approximate surface area is 76.2 Å². The van der Waals surface area contributed by atoms with Crippen molar-refractivity contribution in [2.24, 2.45) is 5.73 Å². The second kappa shape index (κ2) is 6.25. The van der Waals surface area contributed by atoms with Crippen molar-refractivity contribution in [2.45, 2.75) is 30.8 Å². The fourth-order valence-electron chi connectivity index (χ4n) is 0.905. The molecule has 80 valence electrons. The Bertz CT molecular complexity index is 134. The van der Waals surface area contributed by atoms with Crippen LogP contribution in [-0.4, -0.2) is 63.1 Å². The van der Waals surface area contributed by atoms with E-state index < -0.39 is 31.0 Å². The predicted molar refractivity (Wildman–Crippen MR) is 44.8 cm³/mol. The molecule has 0 aliphatic rings. The maximum absolute atomic E-state index is 9.19. The number of hydrogen-bond donors (Lipinski definition) is 6. The summed E-state index contributed by atoms with van der Waals surface area (Å²) in [4.78, 5) is 0. The lowest BCUT2D eigenvalue weighted by molar-refractivity contribution is -0.115. The molecule has 0 bridgehead atoms. The molecular weight excluding hydrogens is 178 g/mol. The van der Waals surface area contributed by atoms with Gasteiger partial charge in [-0.3, -0.25) is 0 Å². The molecule has 7 N–H and O–H groups in total. The zero-order chi connectivity index (χ0) is 10.4. The number of aliphatic hydroxyl groups excluding tert-OH is 5. The van der Waals surface area contributed by atoms with Crippen LogP contribution in [0.3, 0.4) is 0 Å². The molecule has 0 rings (SSSR count). The van der Waals surface area contributed by atoms with Gasteiger partial charge in [-0.1, -0.05) is 0 Å². The number of nitrogens with two attached hydrogens (primary N) is 1. The van der Waals surface area contributed by atoms with Crippen LogP contribution in [0.25, 0.3) is 0 Å². The van der Waals surface area contributed by atoms with Crippen molar-refractivity contribution in [2.75, 3.05) is 13.2 Å².